The third kappa shape index (κ3) is 1.80. The van der Waals surface area contributed by atoms with Gasteiger partial charge in [-0.05, 0) is 61.7 Å². The van der Waals surface area contributed by atoms with Crippen LogP contribution in [0, 0.1) is 0 Å². The van der Waals surface area contributed by atoms with E-state index in [0.717, 1.165) is 37.3 Å². The summed E-state index contributed by atoms with van der Waals surface area (Å²) in [7, 11) is 3.88. The Morgan fingerprint density at radius 2 is 2.08 bits per heavy atom. The van der Waals surface area contributed by atoms with Crippen LogP contribution >= 0.6 is 0 Å². The van der Waals surface area contributed by atoms with E-state index in [9.17, 15) is 5.11 Å². The Balaban J connectivity index is 1.73. The van der Waals surface area contributed by atoms with Crippen molar-refractivity contribution >= 4 is 0 Å². The molecule has 5 nitrogen and oxygen atoms in total. The standard InChI is InChI=1S/C19H23NO4/c1-20-4-3-19-9-18(22-2)15(21)7-13(19)14(20)5-11-6-16-17(8-12(11)19)24-10-23-16/h6-8,14-15,18,21H,3-5,9-10H2,1-2H3/t14-,15+,18-,19-/m0/s1. The van der Waals surface area contributed by atoms with Gasteiger partial charge in [-0.25, -0.2) is 0 Å². The van der Waals surface area contributed by atoms with E-state index in [1.807, 2.05) is 0 Å². The Morgan fingerprint density at radius 3 is 2.88 bits per heavy atom. The van der Waals surface area contributed by atoms with E-state index in [-0.39, 0.29) is 11.5 Å². The smallest absolute Gasteiger partial charge is 0.231 e. The average Bonchev–Trinajstić information content (AvgIpc) is 3.04. The van der Waals surface area contributed by atoms with Crippen LogP contribution in [0.2, 0.25) is 0 Å². The Hall–Kier alpha value is -1.56. The van der Waals surface area contributed by atoms with Crippen LogP contribution in [0.1, 0.15) is 24.0 Å². The van der Waals surface area contributed by atoms with Gasteiger partial charge in [-0.1, -0.05) is 6.08 Å². The quantitative estimate of drug-likeness (QED) is 0.794. The summed E-state index contributed by atoms with van der Waals surface area (Å²) in [5.41, 5.74) is 4.00. The molecule has 0 radical (unpaired) electrons. The van der Waals surface area contributed by atoms with E-state index in [0.29, 0.717) is 12.8 Å². The van der Waals surface area contributed by atoms with Gasteiger partial charge in [0.05, 0.1) is 12.2 Å². The number of rotatable bonds is 1. The van der Waals surface area contributed by atoms with Gasteiger partial charge < -0.3 is 19.3 Å². The second-order valence-electron chi connectivity index (χ2n) is 7.49. The van der Waals surface area contributed by atoms with Gasteiger partial charge in [-0.2, -0.15) is 0 Å². The van der Waals surface area contributed by atoms with Gasteiger partial charge in [0.2, 0.25) is 6.79 Å². The molecule has 0 spiro atoms. The molecule has 2 aliphatic carbocycles. The first-order valence-corrected chi connectivity index (χ1v) is 8.69. The van der Waals surface area contributed by atoms with Crippen molar-refractivity contribution in [1.82, 2.24) is 4.90 Å². The minimum absolute atomic E-state index is 0.0500. The molecule has 2 bridgehead atoms. The van der Waals surface area contributed by atoms with Gasteiger partial charge in [0.25, 0.3) is 0 Å². The first-order chi connectivity index (χ1) is 11.6. The molecule has 1 aromatic rings. The lowest BCUT2D eigenvalue weighted by atomic mass is 9.56. The monoisotopic (exact) mass is 329 g/mol. The van der Waals surface area contributed by atoms with E-state index >= 15 is 0 Å². The SMILES string of the molecule is CO[C@H]1C[C@@]23CCN(C)[C@@H](Cc4cc5c(cc42)OCO5)C3=C[C@H]1O. The van der Waals surface area contributed by atoms with Crippen molar-refractivity contribution in [2.75, 3.05) is 27.5 Å². The third-order valence-electron chi connectivity index (χ3n) is 6.45. The molecule has 2 aliphatic heterocycles. The molecular formula is C19H23NO4. The number of aliphatic hydroxyl groups excluding tert-OH is 1. The molecule has 0 saturated carbocycles. The van der Waals surface area contributed by atoms with Gasteiger partial charge in [-0.15, -0.1) is 0 Å². The molecule has 24 heavy (non-hydrogen) atoms. The molecule has 1 aromatic carbocycles. The summed E-state index contributed by atoms with van der Waals surface area (Å²) in [6, 6.07) is 4.69. The topological polar surface area (TPSA) is 51.2 Å². The lowest BCUT2D eigenvalue weighted by Gasteiger charge is -2.55. The highest BCUT2D eigenvalue weighted by molar-refractivity contribution is 5.58. The second kappa shape index (κ2) is 4.97. The second-order valence-corrected chi connectivity index (χ2v) is 7.49. The van der Waals surface area contributed by atoms with Gasteiger partial charge in [-0.3, -0.25) is 4.90 Å². The number of likely N-dealkylation sites (tertiary alicyclic amines) is 1. The summed E-state index contributed by atoms with van der Waals surface area (Å²) >= 11 is 0. The number of methoxy groups -OCH3 is 1. The number of fused-ring (bicyclic) bond motifs is 2. The number of likely N-dealkylation sites (N-methyl/N-ethyl adjacent to an activating group) is 1. The number of ether oxygens (including phenoxy) is 3. The summed E-state index contributed by atoms with van der Waals surface area (Å²) < 4.78 is 16.8. The Bertz CT molecular complexity index is 730. The maximum absolute atomic E-state index is 10.5. The van der Waals surface area contributed by atoms with E-state index in [1.165, 1.54) is 16.7 Å². The lowest BCUT2D eigenvalue weighted by Crippen LogP contribution is -2.58. The minimum Gasteiger partial charge on any atom is -0.454 e. The van der Waals surface area contributed by atoms with Crippen LogP contribution in [-0.4, -0.2) is 55.8 Å². The average molecular weight is 329 g/mol. The van der Waals surface area contributed by atoms with Gasteiger partial charge in [0, 0.05) is 18.6 Å². The lowest BCUT2D eigenvalue weighted by molar-refractivity contribution is -0.0235. The van der Waals surface area contributed by atoms with Gasteiger partial charge >= 0.3 is 0 Å². The summed E-state index contributed by atoms with van der Waals surface area (Å²) in [6.07, 6.45) is 4.21. The van der Waals surface area contributed by atoms with Gasteiger partial charge in [0.1, 0.15) is 0 Å². The fraction of sp³-hybridized carbons (Fsp3) is 0.579. The number of benzene rings is 1. The number of hydrogen-bond acceptors (Lipinski definition) is 5. The maximum atomic E-state index is 10.5. The van der Waals surface area contributed by atoms with Crippen molar-refractivity contribution in [2.24, 2.45) is 0 Å². The Morgan fingerprint density at radius 1 is 1.29 bits per heavy atom. The molecule has 5 rings (SSSR count). The molecular weight excluding hydrogens is 306 g/mol. The summed E-state index contributed by atoms with van der Waals surface area (Å²) in [5, 5.41) is 10.5. The molecule has 1 fully saturated rings. The highest BCUT2D eigenvalue weighted by atomic mass is 16.7. The first-order valence-electron chi connectivity index (χ1n) is 8.69. The van der Waals surface area contributed by atoms with Crippen LogP contribution in [0.25, 0.3) is 0 Å². The number of piperidine rings is 1. The van der Waals surface area contributed by atoms with Crippen LogP contribution < -0.4 is 9.47 Å². The van der Waals surface area contributed by atoms with E-state index < -0.39 is 6.10 Å². The molecule has 0 unspecified atom stereocenters. The van der Waals surface area contributed by atoms with Crippen LogP contribution in [0.3, 0.4) is 0 Å². The molecule has 0 amide bonds. The number of hydrogen-bond donors (Lipinski definition) is 1. The molecule has 4 aliphatic rings. The zero-order valence-electron chi connectivity index (χ0n) is 14.1. The van der Waals surface area contributed by atoms with Crippen molar-refractivity contribution in [3.63, 3.8) is 0 Å². The summed E-state index contributed by atoms with van der Waals surface area (Å²) in [5.74, 6) is 1.71. The predicted molar refractivity (Wildman–Crippen MR) is 88.5 cm³/mol. The Labute approximate surface area is 141 Å². The summed E-state index contributed by atoms with van der Waals surface area (Å²) in [4.78, 5) is 2.41. The fourth-order valence-electron chi connectivity index (χ4n) is 5.17. The maximum Gasteiger partial charge on any atom is 0.231 e. The van der Waals surface area contributed by atoms with Crippen LogP contribution in [0.4, 0.5) is 0 Å². The van der Waals surface area contributed by atoms with Crippen molar-refractivity contribution in [2.45, 2.75) is 42.9 Å². The van der Waals surface area contributed by atoms with E-state index in [4.69, 9.17) is 14.2 Å². The van der Waals surface area contributed by atoms with E-state index in [1.54, 1.807) is 7.11 Å². The van der Waals surface area contributed by atoms with Crippen molar-refractivity contribution < 1.29 is 19.3 Å². The van der Waals surface area contributed by atoms with Crippen LogP contribution in [0.15, 0.2) is 23.8 Å². The van der Waals surface area contributed by atoms with Crippen LogP contribution in [0.5, 0.6) is 11.5 Å². The fourth-order valence-corrected chi connectivity index (χ4v) is 5.17. The molecule has 4 atom stereocenters. The molecule has 1 N–H and O–H groups in total. The van der Waals surface area contributed by atoms with Gasteiger partial charge in [0.15, 0.2) is 11.5 Å². The normalized spacial score (nSPS) is 36.8. The zero-order chi connectivity index (χ0) is 16.5. The molecule has 1 saturated heterocycles. The minimum atomic E-state index is -0.525. The molecule has 128 valence electrons. The van der Waals surface area contributed by atoms with Crippen LogP contribution in [-0.2, 0) is 16.6 Å². The molecule has 0 aromatic heterocycles. The van der Waals surface area contributed by atoms with Crippen molar-refractivity contribution in [1.29, 1.82) is 0 Å². The predicted octanol–water partition coefficient (Wildman–Crippen LogP) is 1.62. The Kier molecular flexibility index (Phi) is 3.06. The molecule has 2 heterocycles. The molecule has 5 heteroatoms. The first kappa shape index (κ1) is 14.8. The largest absolute Gasteiger partial charge is 0.454 e. The number of aliphatic hydroxyl groups is 1. The highest BCUT2D eigenvalue weighted by Crippen LogP contribution is 2.55. The zero-order valence-corrected chi connectivity index (χ0v) is 14.1. The van der Waals surface area contributed by atoms with Crippen molar-refractivity contribution in [3.05, 3.63) is 34.9 Å². The van der Waals surface area contributed by atoms with E-state index in [2.05, 4.69) is 30.2 Å². The third-order valence-corrected chi connectivity index (χ3v) is 6.45. The highest BCUT2D eigenvalue weighted by Gasteiger charge is 2.53. The van der Waals surface area contributed by atoms with Crippen molar-refractivity contribution in [3.8, 4) is 11.5 Å². The number of nitrogens with zero attached hydrogens (tertiary/aromatic N) is 1. The summed E-state index contributed by atoms with van der Waals surface area (Å²) in [6.45, 7) is 1.36.